The maximum atomic E-state index is 14.3. The van der Waals surface area contributed by atoms with Gasteiger partial charge in [-0.3, -0.25) is 9.52 Å². The number of ether oxygens (including phenoxy) is 2. The zero-order valence-corrected chi connectivity index (χ0v) is 29.2. The first-order valence-electron chi connectivity index (χ1n) is 15.4. The number of carbonyl (C=O) groups excluding carboxylic acids is 1. The highest BCUT2D eigenvalue weighted by Crippen LogP contribution is 2.29. The predicted molar refractivity (Wildman–Crippen MR) is 174 cm³/mol. The number of anilines is 1. The number of fused-ring (bicyclic) bond motifs is 1. The predicted octanol–water partition coefficient (Wildman–Crippen LogP) is 2.07. The molecule has 1 aliphatic heterocycles. The Morgan fingerprint density at radius 1 is 1.06 bits per heavy atom. The first kappa shape index (κ1) is 36.3. The van der Waals surface area contributed by atoms with Crippen LogP contribution in [0.3, 0.4) is 0 Å². The summed E-state index contributed by atoms with van der Waals surface area (Å²) in [5, 5.41) is 9.92. The highest BCUT2D eigenvalue weighted by Gasteiger charge is 2.33. The highest BCUT2D eigenvalue weighted by atomic mass is 32.2. The van der Waals surface area contributed by atoms with Crippen LogP contribution in [0.4, 0.5) is 5.69 Å². The number of rotatable bonds is 9. The molecule has 2 aromatic heterocycles. The Labute approximate surface area is 276 Å². The van der Waals surface area contributed by atoms with Crippen LogP contribution in [-0.2, 0) is 38.9 Å². The molecule has 0 saturated heterocycles. The van der Waals surface area contributed by atoms with E-state index in [4.69, 9.17) is 9.47 Å². The van der Waals surface area contributed by atoms with Gasteiger partial charge in [0.15, 0.2) is 10.1 Å². The van der Waals surface area contributed by atoms with Crippen molar-refractivity contribution in [1.82, 2.24) is 28.3 Å². The Morgan fingerprint density at radius 3 is 2.34 bits per heavy atom. The molecule has 0 unspecified atom stereocenters. The van der Waals surface area contributed by atoms with E-state index in [0.717, 1.165) is 6.42 Å². The van der Waals surface area contributed by atoms with E-state index in [1.165, 1.54) is 58.0 Å². The first-order chi connectivity index (χ1) is 22.1. The molecule has 4 rings (SSSR count). The Balaban J connectivity index is 1.67. The van der Waals surface area contributed by atoms with Gasteiger partial charge in [-0.15, -0.1) is 0 Å². The first-order valence-corrected chi connectivity index (χ1v) is 18.3. The summed E-state index contributed by atoms with van der Waals surface area (Å²) in [4.78, 5) is 23.7. The molecule has 3 aromatic rings. The maximum absolute atomic E-state index is 14.3. The number of aromatic nitrogens is 4. The Hall–Kier alpha value is -3.51. The summed E-state index contributed by atoms with van der Waals surface area (Å²) < 4.78 is 71.9. The van der Waals surface area contributed by atoms with Crippen molar-refractivity contribution in [2.75, 3.05) is 38.1 Å². The minimum absolute atomic E-state index is 0.00512. The maximum Gasteiger partial charge on any atom is 0.280 e. The molecule has 2 N–H and O–H groups in total. The van der Waals surface area contributed by atoms with Crippen molar-refractivity contribution in [3.05, 3.63) is 48.8 Å². The number of aliphatic hydroxyl groups excluding tert-OH is 1. The van der Waals surface area contributed by atoms with Crippen LogP contribution in [0.25, 0.3) is 0 Å². The molecule has 1 amide bonds. The van der Waals surface area contributed by atoms with Crippen molar-refractivity contribution in [2.45, 2.75) is 68.3 Å². The number of nitrogens with one attached hydrogen (secondary N) is 1. The van der Waals surface area contributed by atoms with Crippen LogP contribution in [0.1, 0.15) is 50.4 Å². The van der Waals surface area contributed by atoms with Gasteiger partial charge in [0, 0.05) is 64.8 Å². The SMILES string of the molecule is C[C@@H]1CCCCO[C@H](CN(C)S(=O)(=O)c2cn(C)cn2)[C@@H](C)CN([C@@H](C)CO)C(=O)c2cc(NS(=O)(=O)c3cn(C)cn3)ccc2O1. The summed E-state index contributed by atoms with van der Waals surface area (Å²) in [5.41, 5.74) is 0.238. The lowest BCUT2D eigenvalue weighted by atomic mass is 10.0. The van der Waals surface area contributed by atoms with Gasteiger partial charge in [-0.1, -0.05) is 6.92 Å². The highest BCUT2D eigenvalue weighted by molar-refractivity contribution is 7.92. The quantitative estimate of drug-likeness (QED) is 0.337. The number of carbonyl (C=O) groups is 1. The van der Waals surface area contributed by atoms with Gasteiger partial charge >= 0.3 is 0 Å². The van der Waals surface area contributed by atoms with Crippen molar-refractivity contribution >= 4 is 31.6 Å². The van der Waals surface area contributed by atoms with E-state index >= 15 is 0 Å². The average molecular weight is 696 g/mol. The fourth-order valence-electron chi connectivity index (χ4n) is 5.22. The minimum Gasteiger partial charge on any atom is -0.490 e. The molecule has 3 heterocycles. The van der Waals surface area contributed by atoms with Gasteiger partial charge in [-0.2, -0.15) is 12.7 Å². The lowest BCUT2D eigenvalue weighted by Gasteiger charge is -2.35. The van der Waals surface area contributed by atoms with E-state index in [9.17, 15) is 26.7 Å². The molecule has 15 nitrogen and oxygen atoms in total. The van der Waals surface area contributed by atoms with Gasteiger partial charge in [0.05, 0.1) is 43.1 Å². The molecule has 1 aromatic carbocycles. The summed E-state index contributed by atoms with van der Waals surface area (Å²) in [5.74, 6) is -0.603. The zero-order chi connectivity index (χ0) is 34.5. The Kier molecular flexibility index (Phi) is 11.7. The van der Waals surface area contributed by atoms with Gasteiger partial charge in [-0.25, -0.2) is 18.4 Å². The average Bonchev–Trinajstić information content (AvgIpc) is 3.67. The van der Waals surface area contributed by atoms with E-state index in [-0.39, 0.29) is 58.8 Å². The molecule has 0 radical (unpaired) electrons. The van der Waals surface area contributed by atoms with Crippen LogP contribution < -0.4 is 9.46 Å². The van der Waals surface area contributed by atoms with Crippen molar-refractivity contribution in [3.63, 3.8) is 0 Å². The Morgan fingerprint density at radius 2 is 1.72 bits per heavy atom. The number of hydrogen-bond acceptors (Lipinski definition) is 10. The molecule has 0 saturated carbocycles. The summed E-state index contributed by atoms with van der Waals surface area (Å²) in [6.07, 6.45) is 6.79. The second-order valence-electron chi connectivity index (χ2n) is 12.2. The number of aliphatic hydroxyl groups is 1. The molecule has 0 bridgehead atoms. The second kappa shape index (κ2) is 15.1. The van der Waals surface area contributed by atoms with Crippen LogP contribution in [0.15, 0.2) is 53.3 Å². The number of nitrogens with zero attached hydrogens (tertiary/aromatic N) is 6. The van der Waals surface area contributed by atoms with Crippen molar-refractivity contribution < 1.29 is 36.2 Å². The van der Waals surface area contributed by atoms with E-state index in [1.807, 2.05) is 13.8 Å². The number of sulfonamides is 2. The molecule has 17 heteroatoms. The summed E-state index contributed by atoms with van der Waals surface area (Å²) in [6.45, 7) is 5.56. The van der Waals surface area contributed by atoms with Gasteiger partial charge in [0.1, 0.15) is 5.75 Å². The Bertz CT molecular complexity index is 1740. The van der Waals surface area contributed by atoms with Gasteiger partial charge in [0.2, 0.25) is 0 Å². The standard InChI is InChI=1S/C30H45N7O8S2/c1-21-14-37(22(2)18-38)30(39)25-13-24(33-46(40,41)28-16-34(4)19-31-28)10-11-26(25)45-23(3)9-7-8-12-44-27(21)15-36(6)47(42,43)29-17-35(5)20-32-29/h10-11,13,16-17,19-23,27,33,38H,7-9,12,14-15,18H2,1-6H3/t21-,22-,23+,27+/m0/s1. The number of hydrogen-bond donors (Lipinski definition) is 2. The second-order valence-corrected chi connectivity index (χ2v) is 15.8. The van der Waals surface area contributed by atoms with E-state index in [2.05, 4.69) is 14.7 Å². The topological polar surface area (TPSA) is 178 Å². The van der Waals surface area contributed by atoms with Crippen molar-refractivity contribution in [2.24, 2.45) is 20.0 Å². The monoisotopic (exact) mass is 695 g/mol. The normalized spacial score (nSPS) is 21.1. The molecular weight excluding hydrogens is 651 g/mol. The number of likely N-dealkylation sites (N-methyl/N-ethyl adjacent to an activating group) is 1. The third-order valence-electron chi connectivity index (χ3n) is 8.05. The number of amides is 1. The van der Waals surface area contributed by atoms with E-state index in [0.29, 0.717) is 19.4 Å². The summed E-state index contributed by atoms with van der Waals surface area (Å²) >= 11 is 0. The fourth-order valence-corrected chi connectivity index (χ4v) is 7.39. The van der Waals surface area contributed by atoms with Crippen LogP contribution >= 0.6 is 0 Å². The fraction of sp³-hybridized carbons (Fsp3) is 0.567. The minimum atomic E-state index is -4.05. The lowest BCUT2D eigenvalue weighted by molar-refractivity contribution is -0.00835. The molecular formula is C30H45N7O8S2. The zero-order valence-electron chi connectivity index (χ0n) is 27.6. The molecule has 0 fully saturated rings. The summed E-state index contributed by atoms with van der Waals surface area (Å²) in [6, 6.07) is 3.85. The summed E-state index contributed by atoms with van der Waals surface area (Å²) in [7, 11) is -3.16. The molecule has 47 heavy (non-hydrogen) atoms. The van der Waals surface area contributed by atoms with Crippen LogP contribution in [-0.4, -0.2) is 108 Å². The van der Waals surface area contributed by atoms with E-state index in [1.54, 1.807) is 31.7 Å². The van der Waals surface area contributed by atoms with Crippen LogP contribution in [0.5, 0.6) is 5.75 Å². The van der Waals surface area contributed by atoms with Crippen LogP contribution in [0, 0.1) is 5.92 Å². The number of aryl methyl sites for hydroxylation is 2. The van der Waals surface area contributed by atoms with Crippen molar-refractivity contribution in [3.8, 4) is 5.75 Å². The van der Waals surface area contributed by atoms with Gasteiger partial charge < -0.3 is 28.6 Å². The molecule has 0 aliphatic carbocycles. The number of benzene rings is 1. The molecule has 4 atom stereocenters. The van der Waals surface area contributed by atoms with Crippen LogP contribution in [0.2, 0.25) is 0 Å². The molecule has 0 spiro atoms. The van der Waals surface area contributed by atoms with E-state index < -0.39 is 38.1 Å². The van der Waals surface area contributed by atoms with Crippen molar-refractivity contribution in [1.29, 1.82) is 0 Å². The van der Waals surface area contributed by atoms with Gasteiger partial charge in [-0.05, 0) is 51.3 Å². The number of imidazole rings is 2. The molecule has 1 aliphatic rings. The third kappa shape index (κ3) is 8.90. The van der Waals surface area contributed by atoms with Gasteiger partial charge in [0.25, 0.3) is 26.0 Å². The smallest absolute Gasteiger partial charge is 0.280 e. The lowest BCUT2D eigenvalue weighted by Crippen LogP contribution is -2.48. The molecule has 260 valence electrons. The third-order valence-corrected chi connectivity index (χ3v) is 11.0. The largest absolute Gasteiger partial charge is 0.490 e.